The van der Waals surface area contributed by atoms with E-state index in [1.807, 2.05) is 0 Å². The van der Waals surface area contributed by atoms with Crippen LogP contribution in [0, 0.1) is 0 Å². The van der Waals surface area contributed by atoms with Crippen molar-refractivity contribution in [2.75, 3.05) is 13.7 Å². The molecule has 15 heavy (non-hydrogen) atoms. The zero-order valence-electron chi connectivity index (χ0n) is 8.23. The van der Waals surface area contributed by atoms with Crippen molar-refractivity contribution in [2.24, 2.45) is 5.73 Å². The highest BCUT2D eigenvalue weighted by molar-refractivity contribution is 7.95. The third-order valence-electron chi connectivity index (χ3n) is 2.37. The molecule has 1 aliphatic heterocycles. The molecule has 0 spiro atoms. The molecule has 2 N–H and O–H groups in total. The quantitative estimate of drug-likeness (QED) is 0.807. The molecular weight excluding hydrogens is 214 g/mol. The van der Waals surface area contributed by atoms with Crippen LogP contribution in [0.5, 0.6) is 5.75 Å². The number of methoxy groups -OCH3 is 1. The standard InChI is InChI=1S/C10H11NO3S/c1-14-8-2-3-10-7(4-8)5-9(6-11)15(10,12)13/h2-5H,6,11H2,1H3. The topological polar surface area (TPSA) is 69.4 Å². The number of ether oxygens (including phenoxy) is 1. The molecule has 5 heteroatoms. The maximum atomic E-state index is 11.8. The van der Waals surface area contributed by atoms with Gasteiger partial charge in [-0.15, -0.1) is 0 Å². The van der Waals surface area contributed by atoms with Crippen LogP contribution in [0.4, 0.5) is 0 Å². The van der Waals surface area contributed by atoms with E-state index in [0.717, 1.165) is 0 Å². The Morgan fingerprint density at radius 1 is 1.40 bits per heavy atom. The summed E-state index contributed by atoms with van der Waals surface area (Å²) in [5.74, 6) is 0.637. The van der Waals surface area contributed by atoms with Crippen LogP contribution < -0.4 is 10.5 Å². The summed E-state index contributed by atoms with van der Waals surface area (Å²) in [5, 5.41) is 0. The van der Waals surface area contributed by atoms with Gasteiger partial charge >= 0.3 is 0 Å². The van der Waals surface area contributed by atoms with Gasteiger partial charge in [-0.25, -0.2) is 8.42 Å². The predicted octanol–water partition coefficient (Wildman–Crippen LogP) is 0.782. The first-order chi connectivity index (χ1) is 7.09. The van der Waals surface area contributed by atoms with E-state index in [9.17, 15) is 8.42 Å². The Hall–Kier alpha value is -1.33. The average Bonchev–Trinajstić information content (AvgIpc) is 2.49. The second-order valence-corrected chi connectivity index (χ2v) is 5.19. The third-order valence-corrected chi connectivity index (χ3v) is 4.29. The second-order valence-electron chi connectivity index (χ2n) is 3.22. The minimum Gasteiger partial charge on any atom is -0.497 e. The van der Waals surface area contributed by atoms with Gasteiger partial charge in [0.15, 0.2) is 0 Å². The highest BCUT2D eigenvalue weighted by atomic mass is 32.2. The highest BCUT2D eigenvalue weighted by Gasteiger charge is 2.28. The maximum absolute atomic E-state index is 11.8. The molecular formula is C10H11NO3S. The number of nitrogens with two attached hydrogens (primary N) is 1. The average molecular weight is 225 g/mol. The van der Waals surface area contributed by atoms with Crippen molar-refractivity contribution in [2.45, 2.75) is 4.90 Å². The van der Waals surface area contributed by atoms with E-state index in [1.165, 1.54) is 0 Å². The van der Waals surface area contributed by atoms with E-state index >= 15 is 0 Å². The fourth-order valence-electron chi connectivity index (χ4n) is 1.57. The van der Waals surface area contributed by atoms with Gasteiger partial charge in [-0.1, -0.05) is 0 Å². The lowest BCUT2D eigenvalue weighted by Crippen LogP contribution is -2.10. The number of hydrogen-bond donors (Lipinski definition) is 1. The molecule has 1 aromatic rings. The van der Waals surface area contributed by atoms with Crippen molar-refractivity contribution < 1.29 is 13.2 Å². The van der Waals surface area contributed by atoms with Crippen LogP contribution in [0.15, 0.2) is 28.0 Å². The third kappa shape index (κ3) is 1.44. The minimum absolute atomic E-state index is 0.0271. The molecule has 0 radical (unpaired) electrons. The minimum atomic E-state index is -3.34. The van der Waals surface area contributed by atoms with Crippen LogP contribution in [-0.4, -0.2) is 22.1 Å². The number of rotatable bonds is 2. The van der Waals surface area contributed by atoms with E-state index in [2.05, 4.69) is 0 Å². The van der Waals surface area contributed by atoms with E-state index < -0.39 is 9.84 Å². The summed E-state index contributed by atoms with van der Waals surface area (Å²) in [6.07, 6.45) is 1.59. The second kappa shape index (κ2) is 3.36. The first kappa shape index (κ1) is 10.2. The monoisotopic (exact) mass is 225 g/mol. The highest BCUT2D eigenvalue weighted by Crippen LogP contribution is 2.34. The van der Waals surface area contributed by atoms with Crippen molar-refractivity contribution >= 4 is 15.9 Å². The number of sulfone groups is 1. The van der Waals surface area contributed by atoms with Gasteiger partial charge < -0.3 is 10.5 Å². The molecule has 4 nitrogen and oxygen atoms in total. The molecule has 0 atom stereocenters. The zero-order valence-corrected chi connectivity index (χ0v) is 9.04. The Bertz CT molecular complexity index is 532. The van der Waals surface area contributed by atoms with Crippen molar-refractivity contribution in [1.82, 2.24) is 0 Å². The summed E-state index contributed by atoms with van der Waals surface area (Å²) in [6, 6.07) is 4.86. The lowest BCUT2D eigenvalue weighted by molar-refractivity contribution is 0.414. The Balaban J connectivity index is 2.63. The van der Waals surface area contributed by atoms with Gasteiger partial charge in [-0.3, -0.25) is 0 Å². The molecule has 0 fully saturated rings. The lowest BCUT2D eigenvalue weighted by Gasteiger charge is -2.03. The maximum Gasteiger partial charge on any atom is 0.204 e. The molecule has 0 bridgehead atoms. The van der Waals surface area contributed by atoms with Crippen LogP contribution >= 0.6 is 0 Å². The van der Waals surface area contributed by atoms with E-state index in [0.29, 0.717) is 16.2 Å². The van der Waals surface area contributed by atoms with Crippen molar-refractivity contribution in [3.05, 3.63) is 28.7 Å². The number of hydrogen-bond acceptors (Lipinski definition) is 4. The summed E-state index contributed by atoms with van der Waals surface area (Å²) in [5.41, 5.74) is 6.03. The lowest BCUT2D eigenvalue weighted by atomic mass is 10.2. The Morgan fingerprint density at radius 3 is 2.73 bits per heavy atom. The Morgan fingerprint density at radius 2 is 2.13 bits per heavy atom. The van der Waals surface area contributed by atoms with Gasteiger partial charge in [0.25, 0.3) is 0 Å². The number of benzene rings is 1. The van der Waals surface area contributed by atoms with Gasteiger partial charge in [0, 0.05) is 6.54 Å². The fraction of sp³-hybridized carbons (Fsp3) is 0.200. The van der Waals surface area contributed by atoms with Crippen LogP contribution in [0.2, 0.25) is 0 Å². The molecule has 2 rings (SSSR count). The summed E-state index contributed by atoms with van der Waals surface area (Å²) >= 11 is 0. The van der Waals surface area contributed by atoms with Crippen LogP contribution in [-0.2, 0) is 9.84 Å². The molecule has 1 aromatic carbocycles. The van der Waals surface area contributed by atoms with E-state index in [4.69, 9.17) is 10.5 Å². The molecule has 0 aliphatic carbocycles. The summed E-state index contributed by atoms with van der Waals surface area (Å²) in [7, 11) is -1.80. The molecule has 0 unspecified atom stereocenters. The fourth-order valence-corrected chi connectivity index (χ4v) is 3.03. The van der Waals surface area contributed by atoms with Crippen molar-refractivity contribution in [3.63, 3.8) is 0 Å². The molecule has 0 saturated heterocycles. The van der Waals surface area contributed by atoms with Crippen LogP contribution in [0.3, 0.4) is 0 Å². The molecule has 1 aliphatic rings. The van der Waals surface area contributed by atoms with Gasteiger partial charge in [0.1, 0.15) is 5.75 Å². The largest absolute Gasteiger partial charge is 0.497 e. The molecule has 0 saturated carbocycles. The van der Waals surface area contributed by atoms with Gasteiger partial charge in [-0.05, 0) is 29.8 Å². The molecule has 1 heterocycles. The summed E-state index contributed by atoms with van der Waals surface area (Å²) in [4.78, 5) is 0.564. The molecule has 0 amide bonds. The van der Waals surface area contributed by atoms with Gasteiger partial charge in [0.2, 0.25) is 9.84 Å². The summed E-state index contributed by atoms with van der Waals surface area (Å²) in [6.45, 7) is 0.0271. The smallest absolute Gasteiger partial charge is 0.204 e. The zero-order chi connectivity index (χ0) is 11.1. The normalized spacial score (nSPS) is 17.1. The predicted molar refractivity (Wildman–Crippen MR) is 57.2 cm³/mol. The van der Waals surface area contributed by atoms with E-state index in [-0.39, 0.29) is 11.4 Å². The van der Waals surface area contributed by atoms with Gasteiger partial charge in [0.05, 0.1) is 16.9 Å². The summed E-state index contributed by atoms with van der Waals surface area (Å²) < 4.78 is 28.7. The first-order valence-corrected chi connectivity index (χ1v) is 5.91. The van der Waals surface area contributed by atoms with Crippen molar-refractivity contribution in [3.8, 4) is 5.75 Å². The molecule has 80 valence electrons. The van der Waals surface area contributed by atoms with Crippen LogP contribution in [0.1, 0.15) is 5.56 Å². The SMILES string of the molecule is COc1ccc2c(c1)C=C(CN)S2(=O)=O. The van der Waals surface area contributed by atoms with Crippen molar-refractivity contribution in [1.29, 1.82) is 0 Å². The Kier molecular flexibility index (Phi) is 2.28. The van der Waals surface area contributed by atoms with E-state index in [1.54, 1.807) is 31.4 Å². The first-order valence-electron chi connectivity index (χ1n) is 4.43. The van der Waals surface area contributed by atoms with Crippen LogP contribution in [0.25, 0.3) is 6.08 Å². The molecule has 0 aromatic heterocycles. The number of fused-ring (bicyclic) bond motifs is 1. The van der Waals surface area contributed by atoms with Gasteiger partial charge in [-0.2, -0.15) is 0 Å². The Labute approximate surface area is 88.3 Å².